The SMILES string of the molecule is O=P([O-])([O-])OP(=O)([O-])[O-].[Si+4]. The summed E-state index contributed by atoms with van der Waals surface area (Å²) in [6, 6.07) is 0. The molecule has 0 aliphatic heterocycles. The van der Waals surface area contributed by atoms with Crippen molar-refractivity contribution in [2.45, 2.75) is 0 Å². The Morgan fingerprint density at radius 3 is 1.10 bits per heavy atom. The molecule has 0 atom stereocenters. The maximum atomic E-state index is 9.32. The summed E-state index contributed by atoms with van der Waals surface area (Å²) in [5, 5.41) is 0. The van der Waals surface area contributed by atoms with Crippen molar-refractivity contribution < 1.29 is 33.0 Å². The molecule has 0 rings (SSSR count). The molecular weight excluding hydrogens is 202 g/mol. The second-order valence-electron chi connectivity index (χ2n) is 0.976. The molecule has 0 spiro atoms. The van der Waals surface area contributed by atoms with Gasteiger partial charge < -0.3 is 33.0 Å². The number of phosphoric acid groups is 2. The topological polar surface area (TPSA) is 136 Å². The Hall–Kier alpha value is 0.477. The van der Waals surface area contributed by atoms with E-state index in [-0.39, 0.29) is 11.0 Å². The molecule has 0 radical (unpaired) electrons. The summed E-state index contributed by atoms with van der Waals surface area (Å²) >= 11 is 0. The van der Waals surface area contributed by atoms with Crippen molar-refractivity contribution in [3.05, 3.63) is 0 Å². The zero-order chi connectivity index (χ0) is 7.71. The molecule has 0 aliphatic carbocycles. The first-order valence-electron chi connectivity index (χ1n) is 1.46. The van der Waals surface area contributed by atoms with Crippen molar-refractivity contribution in [2.24, 2.45) is 0 Å². The molecule has 7 nitrogen and oxygen atoms in total. The number of rotatable bonds is 2. The number of hydrogen-bond acceptors (Lipinski definition) is 7. The Morgan fingerprint density at radius 1 is 0.900 bits per heavy atom. The van der Waals surface area contributed by atoms with Crippen molar-refractivity contribution in [2.75, 3.05) is 0 Å². The van der Waals surface area contributed by atoms with Gasteiger partial charge in [-0.25, -0.2) is 0 Å². The Kier molecular flexibility index (Phi) is 4.91. The summed E-state index contributed by atoms with van der Waals surface area (Å²) in [5.41, 5.74) is 0. The second kappa shape index (κ2) is 3.75. The van der Waals surface area contributed by atoms with Crippen LogP contribution in [0, 0.1) is 0 Å². The van der Waals surface area contributed by atoms with E-state index in [0.29, 0.717) is 0 Å². The molecular formula is O7P2Si. The van der Waals surface area contributed by atoms with Crippen LogP contribution in [0.15, 0.2) is 0 Å². The molecule has 0 fully saturated rings. The molecule has 0 saturated carbocycles. The summed E-state index contributed by atoms with van der Waals surface area (Å²) < 4.78 is 21.2. The molecule has 0 N–H and O–H groups in total. The fourth-order valence-electron chi connectivity index (χ4n) is 0.122. The Bertz CT molecular complexity index is 152. The van der Waals surface area contributed by atoms with Gasteiger partial charge in [0.15, 0.2) is 0 Å². The Morgan fingerprint density at radius 2 is 1.10 bits per heavy atom. The van der Waals surface area contributed by atoms with Crippen LogP contribution in [0.4, 0.5) is 0 Å². The van der Waals surface area contributed by atoms with Gasteiger partial charge in [-0.05, 0) is 0 Å². The van der Waals surface area contributed by atoms with Crippen LogP contribution in [0.25, 0.3) is 0 Å². The molecule has 0 aromatic heterocycles. The fraction of sp³-hybridized carbons (Fsp3) is 0. The minimum absolute atomic E-state index is 0. The van der Waals surface area contributed by atoms with Gasteiger partial charge in [-0.15, -0.1) is 0 Å². The van der Waals surface area contributed by atoms with Gasteiger partial charge in [0.2, 0.25) is 0 Å². The van der Waals surface area contributed by atoms with Crippen LogP contribution in [0.3, 0.4) is 0 Å². The summed E-state index contributed by atoms with van der Waals surface area (Å²) in [7, 11) is -11.4. The van der Waals surface area contributed by atoms with Crippen LogP contribution in [0.5, 0.6) is 0 Å². The summed E-state index contributed by atoms with van der Waals surface area (Å²) in [6.07, 6.45) is 0. The third kappa shape index (κ3) is 11.3. The molecule has 0 saturated heterocycles. The van der Waals surface area contributed by atoms with Gasteiger partial charge in [0.05, 0.1) is 15.6 Å². The minimum Gasteiger partial charge on any atom is -0.790 e. The van der Waals surface area contributed by atoms with Crippen LogP contribution < -0.4 is 19.6 Å². The predicted octanol–water partition coefficient (Wildman–Crippen LogP) is -3.72. The van der Waals surface area contributed by atoms with Crippen LogP contribution in [-0.2, 0) is 13.4 Å². The smallest absolute Gasteiger partial charge is 0.790 e. The Labute approximate surface area is 60.5 Å². The molecule has 0 heterocycles. The van der Waals surface area contributed by atoms with Crippen LogP contribution >= 0.6 is 15.6 Å². The molecule has 0 amide bonds. The fourth-order valence-corrected chi connectivity index (χ4v) is 1.10. The van der Waals surface area contributed by atoms with Crippen LogP contribution in [0.1, 0.15) is 0 Å². The van der Waals surface area contributed by atoms with Crippen LogP contribution in [-0.4, -0.2) is 11.0 Å². The van der Waals surface area contributed by atoms with E-state index in [0.717, 1.165) is 0 Å². The molecule has 10 heteroatoms. The maximum Gasteiger partial charge on any atom is 4.00 e. The molecule has 0 unspecified atom stereocenters. The standard InChI is InChI=1S/H4O7P2.Si/c1-8(2,3)7-9(4,5)6;/h(H2,1,2,3)(H2,4,5,6);/q;+4/p-4. The van der Waals surface area contributed by atoms with Gasteiger partial charge in [0.25, 0.3) is 0 Å². The third-order valence-electron chi connectivity index (χ3n) is 0.200. The average Bonchev–Trinajstić information content (AvgIpc) is 1.14. The summed E-state index contributed by atoms with van der Waals surface area (Å²) in [4.78, 5) is 37.3. The first-order chi connectivity index (χ1) is 3.71. The van der Waals surface area contributed by atoms with E-state index < -0.39 is 15.6 Å². The van der Waals surface area contributed by atoms with Gasteiger partial charge in [-0.2, -0.15) is 0 Å². The van der Waals surface area contributed by atoms with Crippen molar-refractivity contribution in [3.63, 3.8) is 0 Å². The van der Waals surface area contributed by atoms with Crippen LogP contribution in [0.2, 0.25) is 0 Å². The molecule has 0 aliphatic rings. The van der Waals surface area contributed by atoms with E-state index in [2.05, 4.69) is 4.31 Å². The maximum absolute atomic E-state index is 9.32. The Balaban J connectivity index is 0. The average molecular weight is 202 g/mol. The van der Waals surface area contributed by atoms with E-state index >= 15 is 0 Å². The van der Waals surface area contributed by atoms with Crippen molar-refractivity contribution >= 4 is 26.6 Å². The van der Waals surface area contributed by atoms with E-state index in [4.69, 9.17) is 0 Å². The second-order valence-corrected chi connectivity index (χ2v) is 3.42. The van der Waals surface area contributed by atoms with E-state index in [1.165, 1.54) is 0 Å². The zero-order valence-electron chi connectivity index (χ0n) is 4.25. The molecule has 56 valence electrons. The molecule has 0 aromatic carbocycles. The van der Waals surface area contributed by atoms with E-state index in [9.17, 15) is 28.7 Å². The third-order valence-corrected chi connectivity index (χ3v) is 1.80. The monoisotopic (exact) mass is 202 g/mol. The zero-order valence-corrected chi connectivity index (χ0v) is 7.04. The molecule has 0 aromatic rings. The molecule has 0 bridgehead atoms. The number of hydrogen-bond donors (Lipinski definition) is 0. The first kappa shape index (κ1) is 13.1. The van der Waals surface area contributed by atoms with Crippen molar-refractivity contribution in [1.29, 1.82) is 0 Å². The minimum atomic E-state index is -5.68. The quantitative estimate of drug-likeness (QED) is 0.331. The van der Waals surface area contributed by atoms with Gasteiger partial charge in [-0.1, -0.05) is 0 Å². The van der Waals surface area contributed by atoms with Crippen molar-refractivity contribution in [3.8, 4) is 0 Å². The summed E-state index contributed by atoms with van der Waals surface area (Å²) in [5.74, 6) is 0. The van der Waals surface area contributed by atoms with Gasteiger partial charge in [0, 0.05) is 0 Å². The predicted molar refractivity (Wildman–Crippen MR) is 22.1 cm³/mol. The summed E-state index contributed by atoms with van der Waals surface area (Å²) in [6.45, 7) is 0. The van der Waals surface area contributed by atoms with Gasteiger partial charge in [0.1, 0.15) is 0 Å². The largest absolute Gasteiger partial charge is 4.00 e. The van der Waals surface area contributed by atoms with E-state index in [1.807, 2.05) is 0 Å². The van der Waals surface area contributed by atoms with Crippen molar-refractivity contribution in [1.82, 2.24) is 0 Å². The van der Waals surface area contributed by atoms with Gasteiger partial charge >= 0.3 is 11.0 Å². The normalized spacial score (nSPS) is 12.4. The van der Waals surface area contributed by atoms with Gasteiger partial charge in [-0.3, -0.25) is 0 Å². The van der Waals surface area contributed by atoms with E-state index in [1.54, 1.807) is 0 Å². The first-order valence-corrected chi connectivity index (χ1v) is 4.38. The molecule has 10 heavy (non-hydrogen) atoms.